The molecule has 1 fully saturated rings. The standard InChI is InChI=1S/C10H20N2S/c1-4-5-6-11-10-12-8(2)7-9(3)13-10/h8-9H,4-7H2,1-3H3,(H,11,12). The van der Waals surface area contributed by atoms with Crippen molar-refractivity contribution in [3.8, 4) is 0 Å². The molecular formula is C10H20N2S. The van der Waals surface area contributed by atoms with Gasteiger partial charge in [-0.3, -0.25) is 4.99 Å². The fourth-order valence-corrected chi connectivity index (χ4v) is 2.66. The minimum atomic E-state index is 0.594. The average molecular weight is 200 g/mol. The van der Waals surface area contributed by atoms with E-state index in [1.54, 1.807) is 0 Å². The van der Waals surface area contributed by atoms with Crippen molar-refractivity contribution in [2.24, 2.45) is 4.99 Å². The molecule has 3 heteroatoms. The molecule has 0 aromatic carbocycles. The Hall–Kier alpha value is -0.180. The number of nitrogens with zero attached hydrogens (tertiary/aromatic N) is 1. The molecule has 0 aromatic rings. The Bertz CT molecular complexity index is 168. The predicted molar refractivity (Wildman–Crippen MR) is 61.5 cm³/mol. The molecule has 0 bridgehead atoms. The molecule has 13 heavy (non-hydrogen) atoms. The van der Waals surface area contributed by atoms with E-state index in [0.717, 1.165) is 17.0 Å². The Morgan fingerprint density at radius 1 is 1.54 bits per heavy atom. The van der Waals surface area contributed by atoms with Crippen LogP contribution in [-0.2, 0) is 0 Å². The van der Waals surface area contributed by atoms with Gasteiger partial charge in [-0.05, 0) is 19.8 Å². The van der Waals surface area contributed by atoms with Gasteiger partial charge in [-0.2, -0.15) is 0 Å². The maximum atomic E-state index is 4.54. The molecule has 2 atom stereocenters. The van der Waals surface area contributed by atoms with Crippen LogP contribution in [0.3, 0.4) is 0 Å². The first-order valence-corrected chi connectivity index (χ1v) is 6.08. The second kappa shape index (κ2) is 5.53. The lowest BCUT2D eigenvalue weighted by atomic mass is 10.2. The summed E-state index contributed by atoms with van der Waals surface area (Å²) in [5, 5.41) is 5.29. The number of thioether (sulfide) groups is 1. The first-order valence-electron chi connectivity index (χ1n) is 5.20. The van der Waals surface area contributed by atoms with Crippen LogP contribution in [-0.4, -0.2) is 23.0 Å². The molecule has 0 radical (unpaired) electrons. The van der Waals surface area contributed by atoms with E-state index in [1.165, 1.54) is 19.3 Å². The fraction of sp³-hybridized carbons (Fsp3) is 0.900. The van der Waals surface area contributed by atoms with E-state index in [-0.39, 0.29) is 0 Å². The lowest BCUT2D eigenvalue weighted by Crippen LogP contribution is -2.38. The van der Waals surface area contributed by atoms with Crippen LogP contribution in [0.25, 0.3) is 0 Å². The molecule has 1 rings (SSSR count). The quantitative estimate of drug-likeness (QED) is 0.708. The number of nitrogens with one attached hydrogen (secondary N) is 1. The van der Waals surface area contributed by atoms with Crippen molar-refractivity contribution in [3.63, 3.8) is 0 Å². The summed E-state index contributed by atoms with van der Waals surface area (Å²) in [6.07, 6.45) is 3.68. The molecule has 0 aromatic heterocycles. The van der Waals surface area contributed by atoms with E-state index in [1.807, 2.05) is 11.8 Å². The number of hydrogen-bond acceptors (Lipinski definition) is 2. The van der Waals surface area contributed by atoms with Crippen LogP contribution in [0.5, 0.6) is 0 Å². The molecule has 1 aliphatic heterocycles. The van der Waals surface area contributed by atoms with E-state index in [0.29, 0.717) is 6.04 Å². The van der Waals surface area contributed by atoms with E-state index in [9.17, 15) is 0 Å². The van der Waals surface area contributed by atoms with E-state index < -0.39 is 0 Å². The van der Waals surface area contributed by atoms with Crippen LogP contribution in [0.4, 0.5) is 0 Å². The average Bonchev–Trinajstić information content (AvgIpc) is 2.03. The smallest absolute Gasteiger partial charge is 0.157 e. The summed E-state index contributed by atoms with van der Waals surface area (Å²) in [5.74, 6) is 0. The Morgan fingerprint density at radius 2 is 2.31 bits per heavy atom. The van der Waals surface area contributed by atoms with Crippen molar-refractivity contribution >= 4 is 16.9 Å². The van der Waals surface area contributed by atoms with Crippen LogP contribution >= 0.6 is 11.8 Å². The Kier molecular flexibility index (Phi) is 4.64. The minimum Gasteiger partial charge on any atom is -0.362 e. The first-order chi connectivity index (χ1) is 6.22. The first kappa shape index (κ1) is 10.9. The third-order valence-corrected chi connectivity index (χ3v) is 3.20. The van der Waals surface area contributed by atoms with Gasteiger partial charge in [-0.25, -0.2) is 0 Å². The lowest BCUT2D eigenvalue weighted by Gasteiger charge is -2.26. The Labute approximate surface area is 85.6 Å². The molecule has 1 heterocycles. The third-order valence-electron chi connectivity index (χ3n) is 2.14. The molecule has 1 aliphatic rings. The zero-order valence-corrected chi connectivity index (χ0v) is 9.66. The number of rotatable bonds is 3. The lowest BCUT2D eigenvalue weighted by molar-refractivity contribution is 0.597. The van der Waals surface area contributed by atoms with Crippen molar-refractivity contribution in [1.29, 1.82) is 0 Å². The van der Waals surface area contributed by atoms with Crippen LogP contribution in [0.15, 0.2) is 4.99 Å². The van der Waals surface area contributed by atoms with Gasteiger partial charge in [0.05, 0.1) is 0 Å². The molecule has 0 amide bonds. The van der Waals surface area contributed by atoms with Crippen molar-refractivity contribution in [2.75, 3.05) is 6.54 Å². The summed E-state index contributed by atoms with van der Waals surface area (Å²) in [6, 6.07) is 0.594. The highest BCUT2D eigenvalue weighted by molar-refractivity contribution is 8.14. The summed E-state index contributed by atoms with van der Waals surface area (Å²) in [7, 11) is 0. The number of unbranched alkanes of at least 4 members (excludes halogenated alkanes) is 1. The summed E-state index contributed by atoms with van der Waals surface area (Å²) in [4.78, 5) is 4.54. The second-order valence-corrected chi connectivity index (χ2v) is 5.18. The monoisotopic (exact) mass is 200 g/mol. The zero-order valence-electron chi connectivity index (χ0n) is 8.84. The molecule has 76 valence electrons. The van der Waals surface area contributed by atoms with Crippen molar-refractivity contribution in [3.05, 3.63) is 0 Å². The molecule has 0 aliphatic carbocycles. The van der Waals surface area contributed by atoms with Gasteiger partial charge in [0.25, 0.3) is 0 Å². The summed E-state index contributed by atoms with van der Waals surface area (Å²) in [6.45, 7) is 7.68. The van der Waals surface area contributed by atoms with Crippen LogP contribution in [0, 0.1) is 0 Å². The van der Waals surface area contributed by atoms with Gasteiger partial charge in [-0.15, -0.1) is 0 Å². The van der Waals surface area contributed by atoms with Crippen LogP contribution in [0.1, 0.15) is 40.0 Å². The highest BCUT2D eigenvalue weighted by Crippen LogP contribution is 2.22. The van der Waals surface area contributed by atoms with Crippen molar-refractivity contribution in [1.82, 2.24) is 5.32 Å². The third kappa shape index (κ3) is 4.03. The topological polar surface area (TPSA) is 24.4 Å². The molecule has 1 saturated heterocycles. The fourth-order valence-electron chi connectivity index (χ4n) is 1.46. The van der Waals surface area contributed by atoms with Gasteiger partial charge in [0.15, 0.2) is 5.17 Å². The van der Waals surface area contributed by atoms with Gasteiger partial charge in [-0.1, -0.05) is 32.0 Å². The van der Waals surface area contributed by atoms with Crippen molar-refractivity contribution < 1.29 is 0 Å². The second-order valence-electron chi connectivity index (χ2n) is 3.75. The van der Waals surface area contributed by atoms with Gasteiger partial charge in [0, 0.05) is 17.8 Å². The summed E-state index contributed by atoms with van der Waals surface area (Å²) in [5.41, 5.74) is 0. The zero-order chi connectivity index (χ0) is 9.68. The molecule has 0 spiro atoms. The summed E-state index contributed by atoms with van der Waals surface area (Å²) < 4.78 is 0. The van der Waals surface area contributed by atoms with Crippen LogP contribution in [0.2, 0.25) is 0 Å². The van der Waals surface area contributed by atoms with Crippen LogP contribution < -0.4 is 5.32 Å². The number of aliphatic imine (C=N–C) groups is 1. The predicted octanol–water partition coefficient (Wildman–Crippen LogP) is 2.65. The van der Waals surface area contributed by atoms with Gasteiger partial charge >= 0.3 is 0 Å². The number of amidine groups is 1. The van der Waals surface area contributed by atoms with E-state index >= 15 is 0 Å². The molecular weight excluding hydrogens is 180 g/mol. The van der Waals surface area contributed by atoms with Gasteiger partial charge < -0.3 is 5.32 Å². The molecule has 2 nitrogen and oxygen atoms in total. The van der Waals surface area contributed by atoms with E-state index in [2.05, 4.69) is 31.1 Å². The normalized spacial score (nSPS) is 31.8. The van der Waals surface area contributed by atoms with E-state index in [4.69, 9.17) is 0 Å². The SMILES string of the molecule is CCCCN=C1NC(C)CC(C)S1. The minimum absolute atomic E-state index is 0.594. The molecule has 1 N–H and O–H groups in total. The highest BCUT2D eigenvalue weighted by atomic mass is 32.2. The van der Waals surface area contributed by atoms with Gasteiger partial charge in [0.2, 0.25) is 0 Å². The Morgan fingerprint density at radius 3 is 2.92 bits per heavy atom. The molecule has 0 saturated carbocycles. The maximum Gasteiger partial charge on any atom is 0.157 e. The number of hydrogen-bond donors (Lipinski definition) is 1. The van der Waals surface area contributed by atoms with Gasteiger partial charge in [0.1, 0.15) is 0 Å². The summed E-state index contributed by atoms with van der Waals surface area (Å²) >= 11 is 1.88. The van der Waals surface area contributed by atoms with Crippen molar-refractivity contribution in [2.45, 2.75) is 51.3 Å². The highest BCUT2D eigenvalue weighted by Gasteiger charge is 2.19. The maximum absolute atomic E-state index is 4.54. The largest absolute Gasteiger partial charge is 0.362 e. The molecule has 2 unspecified atom stereocenters. The Balaban J connectivity index is 2.35.